The Balaban J connectivity index is 1.93. The first-order chi connectivity index (χ1) is 10.5. The zero-order valence-corrected chi connectivity index (χ0v) is 12.9. The maximum absolute atomic E-state index is 7.40. The molecule has 0 aliphatic carbocycles. The number of rotatable bonds is 3. The van der Waals surface area contributed by atoms with Gasteiger partial charge in [-0.25, -0.2) is 0 Å². The van der Waals surface area contributed by atoms with Crippen molar-refractivity contribution in [1.29, 1.82) is 5.41 Å². The number of furan rings is 1. The molecule has 0 atom stereocenters. The zero-order chi connectivity index (χ0) is 15.7. The molecule has 3 N–H and O–H groups in total. The summed E-state index contributed by atoms with van der Waals surface area (Å²) in [6, 6.07) is 16.5. The standard InChI is InChI=1S/C17H12Cl2N2O/c18-13-6-5-12(9-14(13)19)16-8-7-15(22-16)10-1-3-11(4-2-10)17(20)21/h1-9H,(H3,20,21). The van der Waals surface area contributed by atoms with E-state index in [0.29, 0.717) is 21.4 Å². The summed E-state index contributed by atoms with van der Waals surface area (Å²) in [7, 11) is 0. The van der Waals surface area contributed by atoms with E-state index in [-0.39, 0.29) is 5.84 Å². The Bertz CT molecular complexity index is 838. The number of amidine groups is 1. The summed E-state index contributed by atoms with van der Waals surface area (Å²) < 4.78 is 5.86. The molecule has 0 saturated heterocycles. The Morgan fingerprint density at radius 3 is 2.00 bits per heavy atom. The van der Waals surface area contributed by atoms with Crippen molar-refractivity contribution in [2.75, 3.05) is 0 Å². The van der Waals surface area contributed by atoms with E-state index in [4.69, 9.17) is 38.8 Å². The maximum atomic E-state index is 7.40. The van der Waals surface area contributed by atoms with Crippen LogP contribution in [0.4, 0.5) is 0 Å². The lowest BCUT2D eigenvalue weighted by molar-refractivity contribution is 0.597. The van der Waals surface area contributed by atoms with Gasteiger partial charge < -0.3 is 10.2 Å². The fraction of sp³-hybridized carbons (Fsp3) is 0. The Kier molecular flexibility index (Phi) is 3.92. The minimum Gasteiger partial charge on any atom is -0.456 e. The van der Waals surface area contributed by atoms with E-state index in [1.165, 1.54) is 0 Å². The maximum Gasteiger partial charge on any atom is 0.134 e. The van der Waals surface area contributed by atoms with Gasteiger partial charge in [0.15, 0.2) is 0 Å². The van der Waals surface area contributed by atoms with Gasteiger partial charge in [0, 0.05) is 16.7 Å². The third-order valence-electron chi connectivity index (χ3n) is 3.29. The molecule has 0 unspecified atom stereocenters. The minimum absolute atomic E-state index is 0.0440. The number of nitrogen functional groups attached to an aromatic ring is 1. The lowest BCUT2D eigenvalue weighted by Gasteiger charge is -2.02. The minimum atomic E-state index is 0.0440. The lowest BCUT2D eigenvalue weighted by Crippen LogP contribution is -2.10. The first kappa shape index (κ1) is 14.7. The summed E-state index contributed by atoms with van der Waals surface area (Å²) in [6.07, 6.45) is 0. The van der Waals surface area contributed by atoms with Crippen molar-refractivity contribution in [3.8, 4) is 22.6 Å². The van der Waals surface area contributed by atoms with Crippen LogP contribution in [0.2, 0.25) is 10.0 Å². The van der Waals surface area contributed by atoms with Crippen LogP contribution in [0, 0.1) is 5.41 Å². The molecule has 110 valence electrons. The van der Waals surface area contributed by atoms with E-state index in [0.717, 1.165) is 16.9 Å². The molecule has 3 rings (SSSR count). The lowest BCUT2D eigenvalue weighted by atomic mass is 10.1. The first-order valence-corrected chi connectivity index (χ1v) is 7.30. The van der Waals surface area contributed by atoms with Gasteiger partial charge in [0.25, 0.3) is 0 Å². The highest BCUT2D eigenvalue weighted by molar-refractivity contribution is 6.42. The first-order valence-electron chi connectivity index (χ1n) is 6.54. The van der Waals surface area contributed by atoms with E-state index in [1.54, 1.807) is 24.3 Å². The average molecular weight is 331 g/mol. The molecule has 5 heteroatoms. The van der Waals surface area contributed by atoms with Crippen molar-refractivity contribution in [1.82, 2.24) is 0 Å². The Morgan fingerprint density at radius 1 is 0.818 bits per heavy atom. The fourth-order valence-electron chi connectivity index (χ4n) is 2.11. The largest absolute Gasteiger partial charge is 0.456 e. The molecule has 2 aromatic carbocycles. The second kappa shape index (κ2) is 5.87. The van der Waals surface area contributed by atoms with Crippen molar-refractivity contribution < 1.29 is 4.42 Å². The van der Waals surface area contributed by atoms with Gasteiger partial charge >= 0.3 is 0 Å². The molecule has 22 heavy (non-hydrogen) atoms. The van der Waals surface area contributed by atoms with E-state index < -0.39 is 0 Å². The molecule has 0 spiro atoms. The van der Waals surface area contributed by atoms with Crippen LogP contribution in [0.5, 0.6) is 0 Å². The number of halogens is 2. The molecular weight excluding hydrogens is 319 g/mol. The van der Waals surface area contributed by atoms with E-state index in [2.05, 4.69) is 0 Å². The number of hydrogen-bond acceptors (Lipinski definition) is 2. The normalized spacial score (nSPS) is 10.6. The third-order valence-corrected chi connectivity index (χ3v) is 4.03. The van der Waals surface area contributed by atoms with Crippen molar-refractivity contribution in [3.63, 3.8) is 0 Å². The van der Waals surface area contributed by atoms with Crippen LogP contribution in [0.3, 0.4) is 0 Å². The van der Waals surface area contributed by atoms with Crippen molar-refractivity contribution >= 4 is 29.0 Å². The van der Waals surface area contributed by atoms with Gasteiger partial charge in [-0.2, -0.15) is 0 Å². The molecule has 0 aliphatic rings. The van der Waals surface area contributed by atoms with Gasteiger partial charge in [-0.15, -0.1) is 0 Å². The highest BCUT2D eigenvalue weighted by Gasteiger charge is 2.09. The monoisotopic (exact) mass is 330 g/mol. The van der Waals surface area contributed by atoms with Crippen LogP contribution >= 0.6 is 23.2 Å². The molecule has 3 aromatic rings. The van der Waals surface area contributed by atoms with Gasteiger partial charge in [-0.3, -0.25) is 5.41 Å². The van der Waals surface area contributed by atoms with Gasteiger partial charge in [-0.1, -0.05) is 47.5 Å². The topological polar surface area (TPSA) is 63.0 Å². The fourth-order valence-corrected chi connectivity index (χ4v) is 2.41. The molecule has 0 radical (unpaired) electrons. The summed E-state index contributed by atoms with van der Waals surface area (Å²) in [4.78, 5) is 0. The van der Waals surface area contributed by atoms with Crippen LogP contribution in [0.1, 0.15) is 5.56 Å². The second-order valence-corrected chi connectivity index (χ2v) is 5.60. The zero-order valence-electron chi connectivity index (χ0n) is 11.4. The smallest absolute Gasteiger partial charge is 0.134 e. The van der Waals surface area contributed by atoms with Gasteiger partial charge in [0.2, 0.25) is 0 Å². The molecule has 1 aromatic heterocycles. The van der Waals surface area contributed by atoms with Crippen molar-refractivity contribution in [2.45, 2.75) is 0 Å². The number of benzene rings is 2. The molecule has 3 nitrogen and oxygen atoms in total. The summed E-state index contributed by atoms with van der Waals surface area (Å²) in [5.41, 5.74) is 7.90. The van der Waals surface area contributed by atoms with Crippen molar-refractivity contribution in [3.05, 3.63) is 70.2 Å². The van der Waals surface area contributed by atoms with E-state index >= 15 is 0 Å². The molecular formula is C17H12Cl2N2O. The van der Waals surface area contributed by atoms with Crippen LogP contribution in [-0.4, -0.2) is 5.84 Å². The molecule has 0 fully saturated rings. The summed E-state index contributed by atoms with van der Waals surface area (Å²) >= 11 is 11.9. The summed E-state index contributed by atoms with van der Waals surface area (Å²) in [6.45, 7) is 0. The average Bonchev–Trinajstić information content (AvgIpc) is 3.00. The Morgan fingerprint density at radius 2 is 1.41 bits per heavy atom. The van der Waals surface area contributed by atoms with Crippen LogP contribution in [0.25, 0.3) is 22.6 Å². The third kappa shape index (κ3) is 2.86. The van der Waals surface area contributed by atoms with Gasteiger partial charge in [0.05, 0.1) is 10.0 Å². The molecule has 1 heterocycles. The molecule has 0 amide bonds. The Labute approximate surface area is 137 Å². The number of nitrogens with one attached hydrogen (secondary N) is 1. The SMILES string of the molecule is N=C(N)c1ccc(-c2ccc(-c3ccc(Cl)c(Cl)c3)o2)cc1. The van der Waals surface area contributed by atoms with Crippen LogP contribution in [0.15, 0.2) is 59.0 Å². The van der Waals surface area contributed by atoms with E-state index in [9.17, 15) is 0 Å². The quantitative estimate of drug-likeness (QED) is 0.511. The van der Waals surface area contributed by atoms with Crippen LogP contribution < -0.4 is 5.73 Å². The molecule has 0 saturated carbocycles. The van der Waals surface area contributed by atoms with Gasteiger partial charge in [-0.05, 0) is 30.3 Å². The van der Waals surface area contributed by atoms with Crippen molar-refractivity contribution in [2.24, 2.45) is 5.73 Å². The Hall–Kier alpha value is -2.23. The second-order valence-electron chi connectivity index (χ2n) is 4.78. The number of hydrogen-bond donors (Lipinski definition) is 2. The summed E-state index contributed by atoms with van der Waals surface area (Å²) in [5, 5.41) is 8.40. The molecule has 0 aliphatic heterocycles. The predicted molar refractivity (Wildman–Crippen MR) is 90.6 cm³/mol. The molecule has 0 bridgehead atoms. The van der Waals surface area contributed by atoms with Crippen LogP contribution in [-0.2, 0) is 0 Å². The predicted octanol–water partition coefficient (Wildman–Crippen LogP) is 5.20. The van der Waals surface area contributed by atoms with Gasteiger partial charge in [0.1, 0.15) is 17.4 Å². The highest BCUT2D eigenvalue weighted by Crippen LogP contribution is 2.32. The van der Waals surface area contributed by atoms with E-state index in [1.807, 2.05) is 30.3 Å². The summed E-state index contributed by atoms with van der Waals surface area (Å²) in [5.74, 6) is 1.49. The number of nitrogens with two attached hydrogens (primary N) is 1. The highest BCUT2D eigenvalue weighted by atomic mass is 35.5.